The predicted molar refractivity (Wildman–Crippen MR) is 72.7 cm³/mol. The molecule has 0 aromatic heterocycles. The molecule has 2 saturated heterocycles. The Morgan fingerprint density at radius 3 is 2.71 bits per heavy atom. The number of nitrogens with zero attached hydrogens (tertiary/aromatic N) is 1. The van der Waals surface area contributed by atoms with Gasteiger partial charge in [-0.15, -0.1) is 17.0 Å². The number of halogens is 1. The van der Waals surface area contributed by atoms with Gasteiger partial charge in [0.2, 0.25) is 0 Å². The van der Waals surface area contributed by atoms with Gasteiger partial charge in [-0.1, -0.05) is 30.3 Å². The van der Waals surface area contributed by atoms with Crippen LogP contribution in [0.2, 0.25) is 0 Å². The first-order valence-electron chi connectivity index (χ1n) is 5.93. The fourth-order valence-corrected chi connectivity index (χ4v) is 2.72. The second-order valence-corrected chi connectivity index (χ2v) is 4.51. The highest BCUT2D eigenvalue weighted by Crippen LogP contribution is 2.37. The molecule has 0 aliphatic carbocycles. The van der Waals surface area contributed by atoms with Crippen LogP contribution in [-0.2, 0) is 4.74 Å². The molecule has 2 aliphatic rings. The van der Waals surface area contributed by atoms with Crippen LogP contribution >= 0.6 is 17.0 Å². The van der Waals surface area contributed by atoms with Crippen molar-refractivity contribution in [2.75, 3.05) is 6.54 Å². The molecule has 17 heavy (non-hydrogen) atoms. The maximum atomic E-state index is 7.86. The highest BCUT2D eigenvalue weighted by Gasteiger charge is 2.41. The van der Waals surface area contributed by atoms with E-state index in [0.29, 0.717) is 12.1 Å². The SMILES string of the molecule is Br.N=C1OC(c2ccccc2)C2CCCCN12. The van der Waals surface area contributed by atoms with Gasteiger partial charge in [-0.2, -0.15) is 0 Å². The number of rotatable bonds is 1. The Kier molecular flexibility index (Phi) is 3.72. The summed E-state index contributed by atoms with van der Waals surface area (Å²) in [6.07, 6.45) is 3.64. The molecule has 92 valence electrons. The summed E-state index contributed by atoms with van der Waals surface area (Å²) in [5, 5.41) is 7.86. The van der Waals surface area contributed by atoms with Crippen LogP contribution in [0.3, 0.4) is 0 Å². The average molecular weight is 297 g/mol. The summed E-state index contributed by atoms with van der Waals surface area (Å²) in [5.41, 5.74) is 1.20. The van der Waals surface area contributed by atoms with Gasteiger partial charge in [0, 0.05) is 6.54 Å². The van der Waals surface area contributed by atoms with E-state index in [1.165, 1.54) is 18.4 Å². The minimum Gasteiger partial charge on any atom is -0.455 e. The Hall–Kier alpha value is -1.03. The van der Waals surface area contributed by atoms with Crippen LogP contribution in [0.25, 0.3) is 0 Å². The Morgan fingerprint density at radius 1 is 1.18 bits per heavy atom. The van der Waals surface area contributed by atoms with Crippen molar-refractivity contribution in [3.05, 3.63) is 35.9 Å². The largest absolute Gasteiger partial charge is 0.455 e. The zero-order valence-electron chi connectivity index (χ0n) is 9.63. The van der Waals surface area contributed by atoms with Gasteiger partial charge in [0.05, 0.1) is 6.04 Å². The lowest BCUT2D eigenvalue weighted by Gasteiger charge is -2.29. The molecular weight excluding hydrogens is 280 g/mol. The molecule has 2 fully saturated rings. The zero-order valence-corrected chi connectivity index (χ0v) is 11.3. The second kappa shape index (κ2) is 5.08. The van der Waals surface area contributed by atoms with E-state index in [9.17, 15) is 0 Å². The van der Waals surface area contributed by atoms with Gasteiger partial charge in [0.15, 0.2) is 0 Å². The number of fused-ring (bicyclic) bond motifs is 1. The third-order valence-electron chi connectivity index (χ3n) is 3.53. The normalized spacial score (nSPS) is 27.1. The molecule has 1 N–H and O–H groups in total. The summed E-state index contributed by atoms with van der Waals surface area (Å²) in [5.74, 6) is 0. The highest BCUT2D eigenvalue weighted by atomic mass is 79.9. The summed E-state index contributed by atoms with van der Waals surface area (Å²) in [6.45, 7) is 0.979. The van der Waals surface area contributed by atoms with E-state index >= 15 is 0 Å². The quantitative estimate of drug-likeness (QED) is 0.864. The third-order valence-corrected chi connectivity index (χ3v) is 3.53. The molecule has 2 atom stereocenters. The highest BCUT2D eigenvalue weighted by molar-refractivity contribution is 8.93. The van der Waals surface area contributed by atoms with Gasteiger partial charge in [0.25, 0.3) is 6.02 Å². The molecule has 1 aromatic rings. The number of amidine groups is 1. The average Bonchev–Trinajstić information content (AvgIpc) is 2.69. The molecule has 2 heterocycles. The zero-order chi connectivity index (χ0) is 11.0. The van der Waals surface area contributed by atoms with Gasteiger partial charge < -0.3 is 9.64 Å². The minimum absolute atomic E-state index is 0. The molecular formula is C13H17BrN2O. The van der Waals surface area contributed by atoms with Gasteiger partial charge in [-0.3, -0.25) is 5.41 Å². The summed E-state index contributed by atoms with van der Waals surface area (Å²) in [4.78, 5) is 2.11. The smallest absolute Gasteiger partial charge is 0.285 e. The first-order chi connectivity index (χ1) is 7.86. The van der Waals surface area contributed by atoms with Gasteiger partial charge in [-0.05, 0) is 24.8 Å². The molecule has 2 aliphatic heterocycles. The molecule has 0 spiro atoms. The predicted octanol–water partition coefficient (Wildman–Crippen LogP) is 3.13. The van der Waals surface area contributed by atoms with Crippen molar-refractivity contribution in [2.24, 2.45) is 0 Å². The number of nitrogens with one attached hydrogen (secondary N) is 1. The number of hydrogen-bond acceptors (Lipinski definition) is 2. The van der Waals surface area contributed by atoms with E-state index in [4.69, 9.17) is 10.1 Å². The summed E-state index contributed by atoms with van der Waals surface area (Å²) < 4.78 is 5.70. The van der Waals surface area contributed by atoms with E-state index in [2.05, 4.69) is 17.0 Å². The van der Waals surface area contributed by atoms with E-state index in [-0.39, 0.29) is 23.1 Å². The van der Waals surface area contributed by atoms with Crippen LogP contribution in [0, 0.1) is 5.41 Å². The van der Waals surface area contributed by atoms with E-state index in [1.807, 2.05) is 18.2 Å². The van der Waals surface area contributed by atoms with Gasteiger partial charge >= 0.3 is 0 Å². The number of hydrogen-bond donors (Lipinski definition) is 1. The summed E-state index contributed by atoms with van der Waals surface area (Å²) >= 11 is 0. The third kappa shape index (κ3) is 2.18. The van der Waals surface area contributed by atoms with Crippen molar-refractivity contribution < 1.29 is 4.74 Å². The Bertz CT molecular complexity index is 396. The molecule has 1 aromatic carbocycles. The van der Waals surface area contributed by atoms with Crippen LogP contribution in [-0.4, -0.2) is 23.5 Å². The monoisotopic (exact) mass is 296 g/mol. The van der Waals surface area contributed by atoms with E-state index in [0.717, 1.165) is 13.0 Å². The Morgan fingerprint density at radius 2 is 1.94 bits per heavy atom. The molecule has 3 rings (SSSR count). The van der Waals surface area contributed by atoms with Crippen LogP contribution < -0.4 is 0 Å². The minimum atomic E-state index is 0. The van der Waals surface area contributed by atoms with Crippen molar-refractivity contribution >= 4 is 23.0 Å². The first-order valence-corrected chi connectivity index (χ1v) is 5.93. The number of benzene rings is 1. The second-order valence-electron chi connectivity index (χ2n) is 4.51. The molecule has 4 heteroatoms. The summed E-state index contributed by atoms with van der Waals surface area (Å²) in [7, 11) is 0. The van der Waals surface area contributed by atoms with E-state index in [1.54, 1.807) is 0 Å². The van der Waals surface area contributed by atoms with E-state index < -0.39 is 0 Å². The Balaban J connectivity index is 0.00000108. The van der Waals surface area contributed by atoms with Crippen LogP contribution in [0.1, 0.15) is 30.9 Å². The van der Waals surface area contributed by atoms with Crippen molar-refractivity contribution in [2.45, 2.75) is 31.4 Å². The lowest BCUT2D eigenvalue weighted by molar-refractivity contribution is 0.167. The van der Waals surface area contributed by atoms with Crippen LogP contribution in [0.5, 0.6) is 0 Å². The maximum Gasteiger partial charge on any atom is 0.285 e. The number of ether oxygens (including phenoxy) is 1. The number of piperidine rings is 1. The first kappa shape index (κ1) is 12.4. The van der Waals surface area contributed by atoms with Crippen molar-refractivity contribution in [3.63, 3.8) is 0 Å². The lowest BCUT2D eigenvalue weighted by atomic mass is 9.94. The van der Waals surface area contributed by atoms with Gasteiger partial charge in [0.1, 0.15) is 6.10 Å². The van der Waals surface area contributed by atoms with Crippen molar-refractivity contribution in [1.29, 1.82) is 5.41 Å². The molecule has 0 amide bonds. The summed E-state index contributed by atoms with van der Waals surface area (Å²) in [6, 6.07) is 11.0. The van der Waals surface area contributed by atoms with Crippen molar-refractivity contribution in [3.8, 4) is 0 Å². The standard InChI is InChI=1S/C13H16N2O.BrH/c14-13-15-9-5-4-8-11(15)12(16-13)10-6-2-1-3-7-10;/h1-3,6-7,11-12,14H,4-5,8-9H2;1H. The van der Waals surface area contributed by atoms with Gasteiger partial charge in [-0.25, -0.2) is 0 Å². The topological polar surface area (TPSA) is 36.3 Å². The molecule has 3 nitrogen and oxygen atoms in total. The van der Waals surface area contributed by atoms with Crippen molar-refractivity contribution in [1.82, 2.24) is 4.90 Å². The van der Waals surface area contributed by atoms with Crippen LogP contribution in [0.4, 0.5) is 0 Å². The maximum absolute atomic E-state index is 7.86. The fraction of sp³-hybridized carbons (Fsp3) is 0.462. The Labute approximate surface area is 112 Å². The lowest BCUT2D eigenvalue weighted by Crippen LogP contribution is -2.38. The molecule has 0 radical (unpaired) electrons. The van der Waals surface area contributed by atoms with Crippen LogP contribution in [0.15, 0.2) is 30.3 Å². The molecule has 0 bridgehead atoms. The molecule has 0 saturated carbocycles. The molecule has 2 unspecified atom stereocenters. The fourth-order valence-electron chi connectivity index (χ4n) is 2.72.